The average molecular weight is 989 g/mol. The molecule has 2 saturated heterocycles. The number of aliphatic carboxylic acids is 4. The van der Waals surface area contributed by atoms with Crippen LogP contribution in [0.15, 0.2) is 24.3 Å². The molecule has 4 fully saturated rings. The summed E-state index contributed by atoms with van der Waals surface area (Å²) in [6.07, 6.45) is -2.82. The van der Waals surface area contributed by atoms with Gasteiger partial charge in [0.05, 0.1) is 38.1 Å². The van der Waals surface area contributed by atoms with Gasteiger partial charge in [-0.1, -0.05) is 12.1 Å². The topological polar surface area (TPSA) is 476 Å². The number of hydrogen-bond donors (Lipinski definition) is 4. The lowest BCUT2D eigenvalue weighted by Gasteiger charge is -2.57. The standard InChI is InChI=1S/2C18H21NO3.2C4H6O6.5H2O/c2*1-19-8-7-18-11-4-5-13(20)17(18)22-16-14(21-2)6-3-10(15(16)18)9-12(11)19;2*5-1(3(7)8)2(6)4(9)10;;;;;/h2*3,6,11-12,17H,4-5,7-9H2,1-2H3;2*1-2,5-6H,(H,7,8)(H,9,10);5*1H2/t2*11-,12+,17-,18-;2*1-,2-;;;;;/m0011...../s1. The van der Waals surface area contributed by atoms with Gasteiger partial charge in [0.1, 0.15) is 24.4 Å². The summed E-state index contributed by atoms with van der Waals surface area (Å²) in [7, 11) is 7.82. The second kappa shape index (κ2) is 22.4. The molecule has 69 heavy (non-hydrogen) atoms. The van der Waals surface area contributed by atoms with E-state index in [1.165, 1.54) is 22.3 Å². The van der Waals surface area contributed by atoms with Gasteiger partial charge in [0.2, 0.25) is 0 Å². The largest absolute Gasteiger partial charge is 1.00 e. The number of aliphatic hydroxyl groups excluding tert-OH is 4. The van der Waals surface area contributed by atoms with Crippen molar-refractivity contribution in [2.45, 2.75) is 111 Å². The molecule has 388 valence electrons. The number of carboxylic acid groups (broad SMARTS) is 4. The molecule has 4 heterocycles. The minimum absolute atomic E-state index is 0. The Bertz CT molecular complexity index is 2070. The van der Waals surface area contributed by atoms with Crippen LogP contribution in [0.3, 0.4) is 0 Å². The van der Waals surface area contributed by atoms with E-state index in [2.05, 4.69) is 36.0 Å². The fraction of sp³-hybridized carbons (Fsp3) is 0.591. The molecule has 2 spiro atoms. The van der Waals surface area contributed by atoms with Crippen LogP contribution in [0.2, 0.25) is 0 Å². The molecular weight excluding hydrogens is 924 g/mol. The highest BCUT2D eigenvalue weighted by Gasteiger charge is 2.67. The van der Waals surface area contributed by atoms with E-state index in [0.29, 0.717) is 36.8 Å². The molecule has 4 aliphatic heterocycles. The molecule has 0 radical (unpaired) electrons. The van der Waals surface area contributed by atoms with Crippen LogP contribution in [0.1, 0.15) is 66.5 Å². The predicted octanol–water partition coefficient (Wildman–Crippen LogP) is -9.39. The Labute approximate surface area is 400 Å². The summed E-state index contributed by atoms with van der Waals surface area (Å²) in [5.74, 6) is -3.32. The fourth-order valence-corrected chi connectivity index (χ4v) is 11.9. The first-order valence-electron chi connectivity index (χ1n) is 21.0. The second-order valence-electron chi connectivity index (χ2n) is 17.6. The Hall–Kier alpha value is -5.58. The molecule has 14 N–H and O–H groups in total. The quantitative estimate of drug-likeness (QED) is 0.191. The maximum absolute atomic E-state index is 12.6. The highest BCUT2D eigenvalue weighted by Crippen LogP contribution is 2.64. The molecule has 4 aliphatic carbocycles. The summed E-state index contributed by atoms with van der Waals surface area (Å²) in [6.45, 7) is 2.09. The number of carbonyl (C=O) groups is 6. The van der Waals surface area contributed by atoms with Crippen molar-refractivity contribution in [1.82, 2.24) is 9.80 Å². The smallest absolute Gasteiger partial charge is 0.547 e. The molecule has 25 heteroatoms. The van der Waals surface area contributed by atoms with E-state index in [1.54, 1.807) is 14.2 Å². The first kappa shape index (κ1) is 59.5. The second-order valence-corrected chi connectivity index (χ2v) is 17.6. The number of Topliss-reactive ketones (excluding diaryl/α,β-unsaturated/α-hetero) is 2. The predicted molar refractivity (Wildman–Crippen MR) is 230 cm³/mol. The zero-order chi connectivity index (χ0) is 46.7. The van der Waals surface area contributed by atoms with E-state index in [1.807, 2.05) is 12.1 Å². The van der Waals surface area contributed by atoms with Crippen molar-refractivity contribution in [3.8, 4) is 23.0 Å². The van der Waals surface area contributed by atoms with Gasteiger partial charge in [-0.15, -0.1) is 0 Å². The van der Waals surface area contributed by atoms with Crippen molar-refractivity contribution in [1.29, 1.82) is 0 Å². The van der Waals surface area contributed by atoms with Crippen LogP contribution < -0.4 is 39.4 Å². The Balaban J connectivity index is -0.000000914. The van der Waals surface area contributed by atoms with Crippen molar-refractivity contribution in [3.05, 3.63) is 46.5 Å². The molecule has 8 aliphatic rings. The Morgan fingerprint density at radius 1 is 0.609 bits per heavy atom. The van der Waals surface area contributed by atoms with Gasteiger partial charge in [0.15, 0.2) is 46.8 Å². The molecule has 0 unspecified atom stereocenters. The van der Waals surface area contributed by atoms with E-state index in [-0.39, 0.29) is 67.7 Å². The van der Waals surface area contributed by atoms with Crippen LogP contribution in [-0.4, -0.2) is 183 Å². The maximum Gasteiger partial charge on any atom is 1.00 e. The first-order valence-corrected chi connectivity index (χ1v) is 21.0. The van der Waals surface area contributed by atoms with Gasteiger partial charge in [0.25, 0.3) is 0 Å². The summed E-state index contributed by atoms with van der Waals surface area (Å²) >= 11 is 0. The van der Waals surface area contributed by atoms with Crippen LogP contribution in [-0.2, 0) is 52.4 Å². The number of aliphatic hydroxyl groups is 4. The lowest BCUT2D eigenvalue weighted by Crippen LogP contribution is -2.65. The van der Waals surface area contributed by atoms with Crippen molar-refractivity contribution >= 4 is 35.4 Å². The number of hydrogen-bond acceptors (Lipinski definition) is 20. The SMILES string of the molecule is COc1ccc2c3c1O[C@H]1C(=O)CC[C@H]4[C@@H](C2)N(C)CC[C@]314.COc1ccc2c3c1O[C@H]1C(=O)CC[C@H]4[C@@H](C2)N(C)CC[C@]314.O.O.O.O.O.O=C([O-])[C@H](O)[C@@H](O)C(=O)[O-].O=C([O-])[C@H](O)[C@@H](O)C(=O)[O-].[H+].[H+].[H+].[H+]. The third-order valence-electron chi connectivity index (χ3n) is 14.7. The zero-order valence-electron chi connectivity index (χ0n) is 42.1. The van der Waals surface area contributed by atoms with Crippen molar-refractivity contribution in [2.75, 3.05) is 41.4 Å². The Morgan fingerprint density at radius 2 is 0.913 bits per heavy atom. The Morgan fingerprint density at radius 3 is 1.19 bits per heavy atom. The highest BCUT2D eigenvalue weighted by molar-refractivity contribution is 5.90. The third kappa shape index (κ3) is 9.56. The number of ketones is 2. The van der Waals surface area contributed by atoms with E-state index in [0.717, 1.165) is 74.6 Å². The summed E-state index contributed by atoms with van der Waals surface area (Å²) in [5.41, 5.74) is 5.15. The molecule has 25 nitrogen and oxygen atoms in total. The van der Waals surface area contributed by atoms with Crippen molar-refractivity contribution in [3.63, 3.8) is 0 Å². The number of piperidine rings is 2. The minimum Gasteiger partial charge on any atom is -0.547 e. The van der Waals surface area contributed by atoms with Crippen LogP contribution in [0.4, 0.5) is 0 Å². The number of ether oxygens (including phenoxy) is 4. The van der Waals surface area contributed by atoms with Gasteiger partial charge in [-0.2, -0.15) is 0 Å². The lowest BCUT2D eigenvalue weighted by atomic mass is 9.52. The molecule has 2 aromatic carbocycles. The third-order valence-corrected chi connectivity index (χ3v) is 14.7. The van der Waals surface area contributed by atoms with E-state index in [9.17, 15) is 49.2 Å². The van der Waals surface area contributed by atoms with E-state index < -0.39 is 48.3 Å². The van der Waals surface area contributed by atoms with Crippen molar-refractivity contribution in [2.24, 2.45) is 11.8 Å². The van der Waals surface area contributed by atoms with Gasteiger partial charge in [-0.3, -0.25) is 9.59 Å². The van der Waals surface area contributed by atoms with E-state index >= 15 is 0 Å². The van der Waals surface area contributed by atoms with Crippen LogP contribution in [0, 0.1) is 11.8 Å². The number of nitrogens with zero attached hydrogens (tertiary/aromatic N) is 2. The van der Waals surface area contributed by atoms with Gasteiger partial charge < -0.3 is 116 Å². The first-order chi connectivity index (χ1) is 30.3. The summed E-state index contributed by atoms with van der Waals surface area (Å²) < 4.78 is 23.6. The summed E-state index contributed by atoms with van der Waals surface area (Å²) in [6, 6.07) is 9.46. The van der Waals surface area contributed by atoms with Gasteiger partial charge in [-0.25, -0.2) is 0 Å². The summed E-state index contributed by atoms with van der Waals surface area (Å²) in [4.78, 5) is 68.8. The van der Waals surface area contributed by atoms with Crippen LogP contribution >= 0.6 is 0 Å². The number of methoxy groups -OCH3 is 2. The molecule has 0 amide bonds. The molecule has 2 aromatic rings. The minimum atomic E-state index is -2.44. The number of likely N-dealkylation sites (N-methyl/N-ethyl adjacent to an activating group) is 2. The lowest BCUT2D eigenvalue weighted by molar-refractivity contribution is -0.333. The number of benzene rings is 2. The fourth-order valence-electron chi connectivity index (χ4n) is 11.9. The molecule has 4 bridgehead atoms. The van der Waals surface area contributed by atoms with Crippen LogP contribution in [0.5, 0.6) is 23.0 Å². The Kier molecular flexibility index (Phi) is 19.4. The number of rotatable bonds is 8. The molecule has 10 rings (SSSR count). The van der Waals surface area contributed by atoms with Crippen molar-refractivity contribution < 1.29 is 122 Å². The van der Waals surface area contributed by atoms with E-state index in [4.69, 9.17) is 39.4 Å². The monoisotopic (exact) mass is 988 g/mol. The molecule has 12 atom stereocenters. The normalized spacial score (nSPS) is 29.1. The number of carbonyl (C=O) groups excluding carboxylic acids is 6. The van der Waals surface area contributed by atoms with Gasteiger partial charge >= 0.3 is 5.71 Å². The molecule has 0 aromatic heterocycles. The number of carboxylic acids is 4. The average Bonchev–Trinajstić information content (AvgIpc) is 3.82. The van der Waals surface area contributed by atoms with Crippen LogP contribution in [0.25, 0.3) is 0 Å². The van der Waals surface area contributed by atoms with Gasteiger partial charge in [-0.05, 0) is 101 Å². The zero-order valence-corrected chi connectivity index (χ0v) is 38.1. The van der Waals surface area contributed by atoms with Gasteiger partial charge in [0, 0.05) is 46.9 Å². The summed E-state index contributed by atoms with van der Waals surface area (Å²) in [5, 5.41) is 71.5. The highest BCUT2D eigenvalue weighted by atomic mass is 16.5. The maximum atomic E-state index is 12.6. The molecule has 2 saturated carbocycles. The molecular formula is C44H64N2O23. The number of likely N-dealkylation sites (tertiary alicyclic amines) is 2.